The van der Waals surface area contributed by atoms with Crippen LogP contribution in [0, 0.1) is 0 Å². The van der Waals surface area contributed by atoms with Crippen molar-refractivity contribution < 1.29 is 9.53 Å². The zero-order valence-corrected chi connectivity index (χ0v) is 11.9. The number of alkyl halides is 1. The van der Waals surface area contributed by atoms with Crippen LogP contribution >= 0.6 is 11.6 Å². The molecule has 0 aliphatic rings. The zero-order chi connectivity index (χ0) is 11.9. The molecular weight excluding hydrogens is 228 g/mol. The average molecular weight is 249 g/mol. The predicted octanol–water partition coefficient (Wildman–Crippen LogP) is 3.37. The van der Waals surface area contributed by atoms with E-state index in [9.17, 15) is 4.79 Å². The summed E-state index contributed by atoms with van der Waals surface area (Å²) in [4.78, 5) is 11.6. The van der Waals surface area contributed by atoms with Crippen LogP contribution in [0.5, 0.6) is 0 Å². The Labute approximate surface area is 98.7 Å². The van der Waals surface area contributed by atoms with Crippen LogP contribution in [-0.4, -0.2) is 26.5 Å². The van der Waals surface area contributed by atoms with E-state index in [-0.39, 0.29) is 5.97 Å². The fraction of sp³-hybridized carbons (Fsp3) is 0.727. The van der Waals surface area contributed by atoms with Gasteiger partial charge in [0.25, 0.3) is 0 Å². The van der Waals surface area contributed by atoms with E-state index in [4.69, 9.17) is 16.3 Å². The van der Waals surface area contributed by atoms with Crippen molar-refractivity contribution in [1.29, 1.82) is 0 Å². The molecule has 88 valence electrons. The minimum Gasteiger partial charge on any atom is -0.463 e. The minimum atomic E-state index is -1.37. The summed E-state index contributed by atoms with van der Waals surface area (Å²) in [5.41, 5.74) is 2.91. The summed E-state index contributed by atoms with van der Waals surface area (Å²) in [5, 5.41) is 0. The van der Waals surface area contributed by atoms with Crippen LogP contribution in [0.2, 0.25) is 19.6 Å². The molecule has 0 saturated carbocycles. The van der Waals surface area contributed by atoms with Gasteiger partial charge in [-0.15, -0.1) is 11.6 Å². The Hall–Kier alpha value is -0.283. The molecule has 4 heteroatoms. The summed E-state index contributed by atoms with van der Waals surface area (Å²) in [6.07, 6.45) is 1.56. The molecule has 0 unspecified atom stereocenters. The lowest BCUT2D eigenvalue weighted by Crippen LogP contribution is -2.20. The number of rotatable bonds is 6. The number of carbonyl (C=O) groups excluding carboxylic acids is 1. The van der Waals surface area contributed by atoms with Gasteiger partial charge in [-0.25, -0.2) is 4.79 Å². The van der Waals surface area contributed by atoms with Crippen molar-refractivity contribution >= 4 is 25.6 Å². The summed E-state index contributed by atoms with van der Waals surface area (Å²) >= 11 is 5.63. The topological polar surface area (TPSA) is 26.3 Å². The number of halogens is 1. The lowest BCUT2D eigenvalue weighted by molar-refractivity contribution is -0.138. The smallest absolute Gasteiger partial charge is 0.333 e. The van der Waals surface area contributed by atoms with E-state index < -0.39 is 8.07 Å². The van der Waals surface area contributed by atoms with Gasteiger partial charge in [0.05, 0.1) is 14.7 Å². The molecule has 0 aromatic heterocycles. The molecule has 0 atom stereocenters. The third-order valence-electron chi connectivity index (χ3n) is 1.72. The Morgan fingerprint density at radius 1 is 1.40 bits per heavy atom. The summed E-state index contributed by atoms with van der Waals surface area (Å²) in [6.45, 7) is 8.86. The van der Waals surface area contributed by atoms with Gasteiger partial charge in [-0.1, -0.05) is 25.3 Å². The molecule has 0 aliphatic carbocycles. The summed E-state index contributed by atoms with van der Waals surface area (Å²) in [7, 11) is -1.37. The minimum absolute atomic E-state index is 0.176. The molecule has 0 aliphatic heterocycles. The molecule has 2 nitrogen and oxygen atoms in total. The van der Waals surface area contributed by atoms with Crippen molar-refractivity contribution in [3.05, 3.63) is 11.3 Å². The Balaban J connectivity index is 4.57. The van der Waals surface area contributed by atoms with Crippen molar-refractivity contribution in [3.63, 3.8) is 0 Å². The standard InChI is InChI=1S/C11H21ClO2Si/c1-5-14-11(13)10(7-6-8-12)9-15(2,3)4/h9H,5-8H2,1-4H3/b10-9+. The lowest BCUT2D eigenvalue weighted by atomic mass is 10.2. The lowest BCUT2D eigenvalue weighted by Gasteiger charge is -2.13. The molecule has 0 aromatic carbocycles. The van der Waals surface area contributed by atoms with Gasteiger partial charge in [0.1, 0.15) is 0 Å². The number of ether oxygens (including phenoxy) is 1. The average Bonchev–Trinajstić information content (AvgIpc) is 2.10. The highest BCUT2D eigenvalue weighted by atomic mass is 35.5. The molecular formula is C11H21ClO2Si. The first-order chi connectivity index (χ1) is 6.90. The molecule has 0 spiro atoms. The van der Waals surface area contributed by atoms with Gasteiger partial charge in [-0.2, -0.15) is 0 Å². The van der Waals surface area contributed by atoms with Crippen molar-refractivity contribution in [2.24, 2.45) is 0 Å². The molecule has 0 heterocycles. The second-order valence-corrected chi connectivity index (χ2v) is 9.95. The number of carbonyl (C=O) groups is 1. The summed E-state index contributed by atoms with van der Waals surface area (Å²) in [6, 6.07) is 0. The van der Waals surface area contributed by atoms with E-state index in [0.29, 0.717) is 12.5 Å². The van der Waals surface area contributed by atoms with Crippen molar-refractivity contribution in [2.75, 3.05) is 12.5 Å². The maximum Gasteiger partial charge on any atom is 0.333 e. The fourth-order valence-corrected chi connectivity index (χ4v) is 2.68. The summed E-state index contributed by atoms with van der Waals surface area (Å²) < 4.78 is 5.02. The van der Waals surface area contributed by atoms with Crippen molar-refractivity contribution in [2.45, 2.75) is 39.4 Å². The van der Waals surface area contributed by atoms with Gasteiger partial charge >= 0.3 is 5.97 Å². The monoisotopic (exact) mass is 248 g/mol. The first-order valence-corrected chi connectivity index (χ1v) is 9.46. The van der Waals surface area contributed by atoms with Gasteiger partial charge in [-0.05, 0) is 19.8 Å². The van der Waals surface area contributed by atoms with Crippen LogP contribution in [0.4, 0.5) is 0 Å². The fourth-order valence-electron chi connectivity index (χ4n) is 1.24. The molecule has 0 amide bonds. The Morgan fingerprint density at radius 3 is 2.40 bits per heavy atom. The first-order valence-electron chi connectivity index (χ1n) is 5.35. The van der Waals surface area contributed by atoms with Crippen LogP contribution < -0.4 is 0 Å². The van der Waals surface area contributed by atoms with E-state index in [1.165, 1.54) is 0 Å². The van der Waals surface area contributed by atoms with Crippen molar-refractivity contribution in [1.82, 2.24) is 0 Å². The molecule has 0 radical (unpaired) electrons. The van der Waals surface area contributed by atoms with Crippen molar-refractivity contribution in [3.8, 4) is 0 Å². The second-order valence-electron chi connectivity index (χ2n) is 4.55. The first kappa shape index (κ1) is 14.7. The van der Waals surface area contributed by atoms with Crippen LogP contribution in [-0.2, 0) is 9.53 Å². The molecule has 0 rings (SSSR count). The molecule has 0 fully saturated rings. The van der Waals surface area contributed by atoms with Gasteiger partial charge in [0, 0.05) is 11.5 Å². The Bertz CT molecular complexity index is 231. The highest BCUT2D eigenvalue weighted by molar-refractivity contribution is 6.81. The van der Waals surface area contributed by atoms with Gasteiger partial charge in [0.15, 0.2) is 0 Å². The second kappa shape index (κ2) is 7.07. The maximum absolute atomic E-state index is 11.6. The molecule has 0 N–H and O–H groups in total. The Morgan fingerprint density at radius 2 is 2.00 bits per heavy atom. The Kier molecular flexibility index (Phi) is 6.93. The molecule has 0 aromatic rings. The quantitative estimate of drug-likeness (QED) is 0.312. The molecule has 0 saturated heterocycles. The third kappa shape index (κ3) is 7.62. The third-order valence-corrected chi connectivity index (χ3v) is 3.21. The normalized spacial score (nSPS) is 12.7. The van der Waals surface area contributed by atoms with Gasteiger partial charge in [0.2, 0.25) is 0 Å². The van der Waals surface area contributed by atoms with E-state index >= 15 is 0 Å². The van der Waals surface area contributed by atoms with Crippen LogP contribution in [0.15, 0.2) is 11.3 Å². The number of esters is 1. The number of hydrogen-bond donors (Lipinski definition) is 0. The van der Waals surface area contributed by atoms with Crippen LogP contribution in [0.1, 0.15) is 19.8 Å². The number of hydrogen-bond acceptors (Lipinski definition) is 2. The van der Waals surface area contributed by atoms with E-state index in [2.05, 4.69) is 25.3 Å². The predicted molar refractivity (Wildman–Crippen MR) is 68.0 cm³/mol. The summed E-state index contributed by atoms with van der Waals surface area (Å²) in [5.74, 6) is 0.410. The zero-order valence-electron chi connectivity index (χ0n) is 10.1. The van der Waals surface area contributed by atoms with Crippen LogP contribution in [0.3, 0.4) is 0 Å². The highest BCUT2D eigenvalue weighted by Crippen LogP contribution is 2.14. The maximum atomic E-state index is 11.6. The molecule has 0 bridgehead atoms. The SMILES string of the molecule is CCOC(=O)/C(=C/[Si](C)(C)C)CCCCl. The van der Waals surface area contributed by atoms with E-state index in [1.807, 2.05) is 6.92 Å². The highest BCUT2D eigenvalue weighted by Gasteiger charge is 2.16. The largest absolute Gasteiger partial charge is 0.463 e. The van der Waals surface area contributed by atoms with Gasteiger partial charge in [-0.3, -0.25) is 0 Å². The van der Waals surface area contributed by atoms with Crippen LogP contribution in [0.25, 0.3) is 0 Å². The van der Waals surface area contributed by atoms with E-state index in [1.54, 1.807) is 0 Å². The van der Waals surface area contributed by atoms with E-state index in [0.717, 1.165) is 18.4 Å². The van der Waals surface area contributed by atoms with Gasteiger partial charge < -0.3 is 4.74 Å². The molecule has 15 heavy (non-hydrogen) atoms.